The predicted octanol–water partition coefficient (Wildman–Crippen LogP) is 4.10. The third-order valence-corrected chi connectivity index (χ3v) is 5.80. The summed E-state index contributed by atoms with van der Waals surface area (Å²) in [5.74, 6) is -0.414. The quantitative estimate of drug-likeness (QED) is 0.684. The molecule has 0 unspecified atom stereocenters. The Balaban J connectivity index is 1.71. The lowest BCUT2D eigenvalue weighted by molar-refractivity contribution is 0.150. The number of fused-ring (bicyclic) bond motifs is 1. The Morgan fingerprint density at radius 1 is 1.33 bits per heavy atom. The molecule has 1 fully saturated rings. The first-order valence-electron chi connectivity index (χ1n) is 7.18. The summed E-state index contributed by atoms with van der Waals surface area (Å²) >= 11 is 2.09. The number of halogens is 3. The van der Waals surface area contributed by atoms with Crippen LogP contribution in [0, 0.1) is 5.82 Å². The fourth-order valence-corrected chi connectivity index (χ4v) is 3.72. The van der Waals surface area contributed by atoms with Crippen molar-refractivity contribution in [3.8, 4) is 5.13 Å². The Labute approximate surface area is 143 Å². The van der Waals surface area contributed by atoms with Gasteiger partial charge < -0.3 is 0 Å². The molecule has 0 spiro atoms. The molecule has 0 radical (unpaired) electrons. The molecule has 0 aliphatic heterocycles. The van der Waals surface area contributed by atoms with E-state index >= 15 is 0 Å². The lowest BCUT2D eigenvalue weighted by Gasteiger charge is -2.10. The molecule has 1 N–H and O–H groups in total. The molecule has 1 aliphatic rings. The molecule has 3 aromatic rings. The zero-order valence-corrected chi connectivity index (χ0v) is 14.1. The molecule has 2 heterocycles. The molecule has 1 saturated carbocycles. The van der Waals surface area contributed by atoms with Crippen molar-refractivity contribution in [3.05, 3.63) is 29.2 Å². The molecule has 5 nitrogen and oxygen atoms in total. The average molecular weight is 371 g/mol. The number of nitrogens with zero attached hydrogens (tertiary/aromatic N) is 4. The van der Waals surface area contributed by atoms with Crippen molar-refractivity contribution in [1.29, 1.82) is 0 Å². The van der Waals surface area contributed by atoms with Crippen LogP contribution in [0.1, 0.15) is 31.2 Å². The number of hydrogen-bond acceptors (Lipinski definition) is 6. The third-order valence-electron chi connectivity index (χ3n) is 3.82. The van der Waals surface area contributed by atoms with E-state index < -0.39 is 12.2 Å². The zero-order chi connectivity index (χ0) is 16.9. The van der Waals surface area contributed by atoms with Gasteiger partial charge in [-0.2, -0.15) is 5.10 Å². The highest BCUT2D eigenvalue weighted by molar-refractivity contribution is 7.97. The van der Waals surface area contributed by atoms with Crippen LogP contribution in [-0.4, -0.2) is 25.5 Å². The van der Waals surface area contributed by atoms with Crippen molar-refractivity contribution in [2.45, 2.75) is 36.6 Å². The summed E-state index contributed by atoms with van der Waals surface area (Å²) in [5, 5.41) is 11.4. The average Bonchev–Trinajstić information content (AvgIpc) is 2.96. The topological polar surface area (TPSA) is 55.6 Å². The third kappa shape index (κ3) is 2.89. The number of benzene rings is 1. The fraction of sp³-hybridized carbons (Fsp3) is 0.357. The number of rotatable bonds is 5. The van der Waals surface area contributed by atoms with Gasteiger partial charge in [-0.05, 0) is 43.8 Å². The van der Waals surface area contributed by atoms with Crippen LogP contribution in [0.3, 0.4) is 0 Å². The SMILES string of the molecule is CC1(NSc2cc(F)c3cnn(-c4nnc(C(F)F)s4)c3c2)CC1. The van der Waals surface area contributed by atoms with E-state index in [0.29, 0.717) is 15.8 Å². The van der Waals surface area contributed by atoms with Gasteiger partial charge in [-0.1, -0.05) is 11.3 Å². The molecule has 4 rings (SSSR count). The molecule has 10 heteroatoms. The van der Waals surface area contributed by atoms with E-state index in [1.54, 1.807) is 6.07 Å². The zero-order valence-electron chi connectivity index (χ0n) is 12.5. The van der Waals surface area contributed by atoms with Gasteiger partial charge in [0.05, 0.1) is 17.1 Å². The summed E-state index contributed by atoms with van der Waals surface area (Å²) in [6, 6.07) is 3.20. The Bertz CT molecular complexity index is 903. The van der Waals surface area contributed by atoms with E-state index in [0.717, 1.165) is 24.2 Å². The first kappa shape index (κ1) is 15.9. The second-order valence-corrected chi connectivity index (χ2v) is 7.75. The Hall–Kier alpha value is -1.65. The first-order chi connectivity index (χ1) is 11.5. The number of alkyl halides is 2. The number of nitrogens with one attached hydrogen (secondary N) is 1. The van der Waals surface area contributed by atoms with E-state index in [1.165, 1.54) is 28.9 Å². The van der Waals surface area contributed by atoms with Crippen molar-refractivity contribution < 1.29 is 13.2 Å². The molecular weight excluding hydrogens is 359 g/mol. The predicted molar refractivity (Wildman–Crippen MR) is 86.1 cm³/mol. The molecule has 24 heavy (non-hydrogen) atoms. The van der Waals surface area contributed by atoms with Crippen LogP contribution in [0.2, 0.25) is 0 Å². The Morgan fingerprint density at radius 3 is 2.79 bits per heavy atom. The van der Waals surface area contributed by atoms with Crippen LogP contribution in [-0.2, 0) is 0 Å². The van der Waals surface area contributed by atoms with Crippen molar-refractivity contribution in [3.63, 3.8) is 0 Å². The maximum absolute atomic E-state index is 14.3. The molecule has 1 aliphatic carbocycles. The Kier molecular flexibility index (Phi) is 3.77. The molecule has 0 saturated heterocycles. The standard InChI is InChI=1S/C14H12F3N5S2/c1-14(2-3-14)21-24-7-4-9(15)8-6-18-22(10(8)5-7)13-20-19-12(23-13)11(16)17/h4-6,11,21H,2-3H2,1H3. The minimum Gasteiger partial charge on any atom is -0.254 e. The van der Waals surface area contributed by atoms with Crippen LogP contribution >= 0.6 is 23.3 Å². The molecule has 2 aromatic heterocycles. The van der Waals surface area contributed by atoms with Gasteiger partial charge in [-0.3, -0.25) is 4.72 Å². The maximum atomic E-state index is 14.3. The first-order valence-corrected chi connectivity index (χ1v) is 8.82. The van der Waals surface area contributed by atoms with Crippen molar-refractivity contribution in [2.24, 2.45) is 0 Å². The number of aromatic nitrogens is 4. The normalized spacial score (nSPS) is 16.2. The second kappa shape index (κ2) is 5.71. The highest BCUT2D eigenvalue weighted by Gasteiger charge is 2.37. The van der Waals surface area contributed by atoms with Gasteiger partial charge in [0.1, 0.15) is 5.82 Å². The summed E-state index contributed by atoms with van der Waals surface area (Å²) in [6.45, 7) is 2.10. The summed E-state index contributed by atoms with van der Waals surface area (Å²) in [6.07, 6.45) is 0.843. The van der Waals surface area contributed by atoms with E-state index in [1.807, 2.05) is 0 Å². The molecule has 1 aromatic carbocycles. The van der Waals surface area contributed by atoms with Gasteiger partial charge in [0, 0.05) is 10.4 Å². The van der Waals surface area contributed by atoms with Crippen molar-refractivity contribution >= 4 is 34.2 Å². The summed E-state index contributed by atoms with van der Waals surface area (Å²) in [4.78, 5) is 0.688. The van der Waals surface area contributed by atoms with Crippen molar-refractivity contribution in [2.75, 3.05) is 0 Å². The largest absolute Gasteiger partial charge is 0.291 e. The van der Waals surface area contributed by atoms with Gasteiger partial charge in [-0.25, -0.2) is 17.9 Å². The minimum atomic E-state index is -2.69. The summed E-state index contributed by atoms with van der Waals surface area (Å²) in [5.41, 5.74) is 0.569. The van der Waals surface area contributed by atoms with Crippen LogP contribution in [0.5, 0.6) is 0 Å². The molecule has 126 valence electrons. The van der Waals surface area contributed by atoms with E-state index in [-0.39, 0.29) is 15.7 Å². The smallest absolute Gasteiger partial charge is 0.254 e. The van der Waals surface area contributed by atoms with Crippen LogP contribution in [0.25, 0.3) is 16.0 Å². The van der Waals surface area contributed by atoms with Crippen LogP contribution in [0.15, 0.2) is 23.2 Å². The monoisotopic (exact) mass is 371 g/mol. The molecule has 0 bridgehead atoms. The van der Waals surface area contributed by atoms with Gasteiger partial charge in [0.25, 0.3) is 6.43 Å². The second-order valence-electron chi connectivity index (χ2n) is 5.88. The van der Waals surface area contributed by atoms with E-state index in [4.69, 9.17) is 0 Å². The molecule has 0 amide bonds. The fourth-order valence-electron chi connectivity index (χ4n) is 2.14. The van der Waals surface area contributed by atoms with Crippen LogP contribution < -0.4 is 4.72 Å². The van der Waals surface area contributed by atoms with Gasteiger partial charge in [-0.15, -0.1) is 10.2 Å². The molecular formula is C14H12F3N5S2. The lowest BCUT2D eigenvalue weighted by atomic mass is 10.2. The Morgan fingerprint density at radius 2 is 2.12 bits per heavy atom. The van der Waals surface area contributed by atoms with Crippen LogP contribution in [0.4, 0.5) is 13.2 Å². The van der Waals surface area contributed by atoms with Crippen molar-refractivity contribution in [1.82, 2.24) is 24.7 Å². The van der Waals surface area contributed by atoms with Gasteiger partial charge in [0.2, 0.25) is 5.13 Å². The minimum absolute atomic E-state index is 0.0989. The number of hydrogen-bond donors (Lipinski definition) is 1. The highest BCUT2D eigenvalue weighted by atomic mass is 32.2. The lowest BCUT2D eigenvalue weighted by Crippen LogP contribution is -2.19. The van der Waals surface area contributed by atoms with Gasteiger partial charge in [0.15, 0.2) is 5.01 Å². The van der Waals surface area contributed by atoms with E-state index in [9.17, 15) is 13.2 Å². The maximum Gasteiger partial charge on any atom is 0.291 e. The van der Waals surface area contributed by atoms with Gasteiger partial charge >= 0.3 is 0 Å². The summed E-state index contributed by atoms with van der Waals surface area (Å²) < 4.78 is 44.3. The highest BCUT2D eigenvalue weighted by Crippen LogP contribution is 2.38. The van der Waals surface area contributed by atoms with E-state index in [2.05, 4.69) is 26.9 Å². The molecule has 0 atom stereocenters. The summed E-state index contributed by atoms with van der Waals surface area (Å²) in [7, 11) is 0.